The summed E-state index contributed by atoms with van der Waals surface area (Å²) in [5, 5.41) is 23.5. The largest absolute Gasteiger partial charge is 0.507 e. The van der Waals surface area contributed by atoms with Crippen molar-refractivity contribution in [2.24, 2.45) is 23.7 Å². The van der Waals surface area contributed by atoms with Crippen LogP contribution in [0, 0.1) is 27.2 Å². The minimum atomic E-state index is -0.934. The average molecular weight is 617 g/mol. The van der Waals surface area contributed by atoms with Gasteiger partial charge in [-0.1, -0.05) is 40.7 Å². The molecule has 9 heteroatoms. The van der Waals surface area contributed by atoms with Crippen molar-refractivity contribution >= 4 is 40.4 Å². The maximum Gasteiger partial charge on any atom is 0.329 e. The molecular weight excluding hydrogens is 575 g/mol. The summed E-state index contributed by atoms with van der Waals surface area (Å²) in [6, 6.07) is 4.09. The number of cyclic esters (lactones) is 1. The van der Waals surface area contributed by atoms with E-state index in [-0.39, 0.29) is 48.3 Å². The lowest BCUT2D eigenvalue weighted by Gasteiger charge is -2.32. The molecule has 1 aromatic rings. The average Bonchev–Trinajstić information content (AvgIpc) is 2.80. The zero-order valence-corrected chi connectivity index (χ0v) is 24.3. The zero-order valence-electron chi connectivity index (χ0n) is 22.2. The number of benzene rings is 1. The summed E-state index contributed by atoms with van der Waals surface area (Å²) < 4.78 is 6.56. The molecule has 1 saturated heterocycles. The van der Waals surface area contributed by atoms with Gasteiger partial charge in [-0.05, 0) is 70.9 Å². The van der Waals surface area contributed by atoms with Crippen LogP contribution in [0.2, 0.25) is 0 Å². The van der Waals surface area contributed by atoms with Gasteiger partial charge in [-0.2, -0.15) is 0 Å². The number of amides is 2. The third kappa shape index (κ3) is 8.61. The fourth-order valence-electron chi connectivity index (χ4n) is 4.67. The van der Waals surface area contributed by atoms with Gasteiger partial charge in [0.05, 0.1) is 16.2 Å². The number of nitrogens with zero attached hydrogens (tertiary/aromatic N) is 1. The monoisotopic (exact) mass is 616 g/mol. The second kappa shape index (κ2) is 13.6. The van der Waals surface area contributed by atoms with Gasteiger partial charge >= 0.3 is 5.97 Å². The van der Waals surface area contributed by atoms with Crippen LogP contribution in [0.4, 0.5) is 0 Å². The first-order valence-electron chi connectivity index (χ1n) is 12.7. The number of halogens is 1. The van der Waals surface area contributed by atoms with E-state index in [0.29, 0.717) is 16.4 Å². The fourth-order valence-corrected chi connectivity index (χ4v) is 5.25. The summed E-state index contributed by atoms with van der Waals surface area (Å²) in [7, 11) is 1.53. The van der Waals surface area contributed by atoms with Crippen LogP contribution in [-0.4, -0.2) is 64.7 Å². The number of likely N-dealkylation sites (N-methyl/N-ethyl adjacent to an activating group) is 1. The van der Waals surface area contributed by atoms with Crippen LogP contribution >= 0.6 is 22.6 Å². The van der Waals surface area contributed by atoms with Gasteiger partial charge in [0.1, 0.15) is 17.9 Å². The predicted molar refractivity (Wildman–Crippen MR) is 146 cm³/mol. The van der Waals surface area contributed by atoms with E-state index in [0.717, 1.165) is 12.0 Å². The van der Waals surface area contributed by atoms with Crippen molar-refractivity contribution in [1.82, 2.24) is 10.2 Å². The van der Waals surface area contributed by atoms with E-state index in [9.17, 15) is 24.6 Å². The Morgan fingerprint density at radius 1 is 1.14 bits per heavy atom. The normalized spacial score (nSPS) is 29.7. The summed E-state index contributed by atoms with van der Waals surface area (Å²) in [4.78, 5) is 40.4. The molecule has 1 fully saturated rings. The van der Waals surface area contributed by atoms with Crippen molar-refractivity contribution < 1.29 is 29.3 Å². The summed E-state index contributed by atoms with van der Waals surface area (Å²) in [6.45, 7) is 9.55. The first kappa shape index (κ1) is 30.3. The molecular formula is C27H41IN2O6. The lowest BCUT2D eigenvalue weighted by molar-refractivity contribution is -0.162. The molecule has 0 bridgehead atoms. The quantitative estimate of drug-likeness (QED) is 0.354. The molecule has 1 aliphatic heterocycles. The second-order valence-corrected chi connectivity index (χ2v) is 11.9. The topological polar surface area (TPSA) is 116 Å². The summed E-state index contributed by atoms with van der Waals surface area (Å²) in [5.41, 5.74) is 0.759. The number of rotatable bonds is 3. The van der Waals surface area contributed by atoms with Crippen LogP contribution in [0.5, 0.6) is 5.75 Å². The summed E-state index contributed by atoms with van der Waals surface area (Å²) in [5.74, 6) is -1.16. The van der Waals surface area contributed by atoms with Gasteiger partial charge in [-0.3, -0.25) is 9.59 Å². The number of esters is 1. The maximum absolute atomic E-state index is 13.5. The molecule has 1 heterocycles. The molecule has 1 unspecified atom stereocenters. The van der Waals surface area contributed by atoms with Crippen molar-refractivity contribution in [2.45, 2.75) is 78.6 Å². The number of phenolic OH excluding ortho intramolecular Hbond substituents is 1. The van der Waals surface area contributed by atoms with E-state index in [1.807, 2.05) is 50.3 Å². The molecule has 2 amide bonds. The Labute approximate surface area is 228 Å². The molecule has 1 aliphatic rings. The molecule has 202 valence electrons. The minimum Gasteiger partial charge on any atom is -0.507 e. The van der Waals surface area contributed by atoms with Crippen molar-refractivity contribution in [3.8, 4) is 5.75 Å². The van der Waals surface area contributed by atoms with Crippen molar-refractivity contribution in [2.75, 3.05) is 13.6 Å². The van der Waals surface area contributed by atoms with E-state index in [4.69, 9.17) is 4.74 Å². The zero-order chi connectivity index (χ0) is 27.2. The van der Waals surface area contributed by atoms with E-state index in [1.165, 1.54) is 11.9 Å². The number of ether oxygens (including phenoxy) is 1. The Morgan fingerprint density at radius 2 is 1.81 bits per heavy atom. The van der Waals surface area contributed by atoms with Crippen LogP contribution < -0.4 is 5.32 Å². The van der Waals surface area contributed by atoms with Crippen LogP contribution in [0.25, 0.3) is 0 Å². The van der Waals surface area contributed by atoms with E-state index < -0.39 is 30.1 Å². The van der Waals surface area contributed by atoms with Crippen molar-refractivity contribution in [3.05, 3.63) is 27.3 Å². The molecule has 36 heavy (non-hydrogen) atoms. The third-order valence-electron chi connectivity index (χ3n) is 7.11. The molecule has 0 saturated carbocycles. The van der Waals surface area contributed by atoms with Gasteiger partial charge in [0.2, 0.25) is 11.8 Å². The van der Waals surface area contributed by atoms with Crippen LogP contribution in [0.1, 0.15) is 59.4 Å². The SMILES string of the molecule is CC(C)C1C[C@H](O)[C@H](C)C[C@H](C)C[C@H](C)C(=O)NCC(=O)N(C)[C@H](Cc2ccc(O)c(I)c2)C(=O)O1. The molecule has 0 radical (unpaired) electrons. The maximum atomic E-state index is 13.5. The van der Waals surface area contributed by atoms with Gasteiger partial charge in [-0.15, -0.1) is 0 Å². The molecule has 2 rings (SSSR count). The number of carbonyl (C=O) groups is 3. The Bertz CT molecular complexity index is 924. The van der Waals surface area contributed by atoms with Gasteiger partial charge in [0.15, 0.2) is 0 Å². The number of carbonyl (C=O) groups excluding carboxylic acids is 3. The highest BCUT2D eigenvalue weighted by Gasteiger charge is 2.33. The second-order valence-electron chi connectivity index (χ2n) is 10.7. The highest BCUT2D eigenvalue weighted by molar-refractivity contribution is 14.1. The predicted octanol–water partition coefficient (Wildman–Crippen LogP) is 3.50. The van der Waals surface area contributed by atoms with Crippen molar-refractivity contribution in [3.63, 3.8) is 0 Å². The number of phenols is 1. The van der Waals surface area contributed by atoms with Gasteiger partial charge in [0.25, 0.3) is 0 Å². The smallest absolute Gasteiger partial charge is 0.329 e. The van der Waals surface area contributed by atoms with Crippen LogP contribution in [-0.2, 0) is 25.5 Å². The standard InChI is InChI=1S/C27H41IN2O6/c1-15(2)24-13-23(32)17(4)9-16(3)10-18(5)26(34)29-14-25(33)30(6)21(27(35)36-24)12-19-7-8-22(31)20(28)11-19/h7-8,11,15-18,21,23-24,31-32H,9-10,12-14H2,1-6H3,(H,29,34)/t16-,17+,18-,21+,23-,24?/m0/s1. The lowest BCUT2D eigenvalue weighted by atomic mass is 9.84. The molecule has 0 aromatic heterocycles. The van der Waals surface area contributed by atoms with E-state index in [2.05, 4.69) is 12.2 Å². The van der Waals surface area contributed by atoms with Gasteiger partial charge in [0, 0.05) is 25.8 Å². The molecule has 1 aromatic carbocycles. The number of aromatic hydroxyl groups is 1. The fraction of sp³-hybridized carbons (Fsp3) is 0.667. The number of aliphatic hydroxyl groups excluding tert-OH is 1. The lowest BCUT2D eigenvalue weighted by Crippen LogP contribution is -2.50. The van der Waals surface area contributed by atoms with Gasteiger partial charge in [-0.25, -0.2) is 4.79 Å². The molecule has 8 nitrogen and oxygen atoms in total. The molecule has 6 atom stereocenters. The van der Waals surface area contributed by atoms with Gasteiger partial charge < -0.3 is 25.2 Å². The van der Waals surface area contributed by atoms with E-state index >= 15 is 0 Å². The summed E-state index contributed by atoms with van der Waals surface area (Å²) in [6.07, 6.45) is 0.695. The Hall–Kier alpha value is -1.88. The Balaban J connectivity index is 2.38. The van der Waals surface area contributed by atoms with Crippen molar-refractivity contribution in [1.29, 1.82) is 0 Å². The first-order chi connectivity index (χ1) is 16.8. The first-order valence-corrected chi connectivity index (χ1v) is 13.8. The summed E-state index contributed by atoms with van der Waals surface area (Å²) >= 11 is 2.01. The number of nitrogens with one attached hydrogen (secondary N) is 1. The van der Waals surface area contributed by atoms with Crippen LogP contribution in [0.15, 0.2) is 18.2 Å². The third-order valence-corrected chi connectivity index (χ3v) is 7.97. The molecule has 0 aliphatic carbocycles. The number of hydrogen-bond acceptors (Lipinski definition) is 6. The number of aliphatic hydroxyl groups is 1. The van der Waals surface area contributed by atoms with Crippen LogP contribution in [0.3, 0.4) is 0 Å². The Kier molecular flexibility index (Phi) is 11.5. The molecule has 0 spiro atoms. The highest BCUT2D eigenvalue weighted by atomic mass is 127. The van der Waals surface area contributed by atoms with E-state index in [1.54, 1.807) is 18.2 Å². The molecule has 3 N–H and O–H groups in total. The highest BCUT2D eigenvalue weighted by Crippen LogP contribution is 2.27. The Morgan fingerprint density at radius 3 is 2.42 bits per heavy atom. The minimum absolute atomic E-state index is 0.0253. The number of hydrogen-bond donors (Lipinski definition) is 3.